The molecule has 1 heterocycles. The third kappa shape index (κ3) is 5.60. The van der Waals surface area contributed by atoms with Crippen molar-refractivity contribution in [3.05, 3.63) is 23.1 Å². The number of hydrogen-bond donors (Lipinski definition) is 0. The van der Waals surface area contributed by atoms with Gasteiger partial charge in [-0.15, -0.1) is 0 Å². The molecule has 16 heavy (non-hydrogen) atoms. The highest BCUT2D eigenvalue weighted by atomic mass is 35.5. The summed E-state index contributed by atoms with van der Waals surface area (Å²) >= 11 is 5.87. The number of hydrogen-bond acceptors (Lipinski definition) is 1. The van der Waals surface area contributed by atoms with Gasteiger partial charge in [-0.1, -0.05) is 51.9 Å². The minimum Gasteiger partial charge on any atom is -0.453 e. The molecule has 0 aromatic carbocycles. The fraction of sp³-hybridized carbons (Fsp3) is 0.714. The van der Waals surface area contributed by atoms with Gasteiger partial charge >= 0.3 is 0 Å². The van der Waals surface area contributed by atoms with E-state index in [1.165, 1.54) is 51.4 Å². The quantitative estimate of drug-likeness (QED) is 0.513. The Morgan fingerprint density at radius 2 is 1.62 bits per heavy atom. The van der Waals surface area contributed by atoms with E-state index >= 15 is 0 Å². The minimum absolute atomic E-state index is 0.572. The normalized spacial score (nSPS) is 10.9. The van der Waals surface area contributed by atoms with Crippen LogP contribution in [0, 0.1) is 0 Å². The second-order valence-electron chi connectivity index (χ2n) is 4.44. The van der Waals surface area contributed by atoms with E-state index in [0.717, 1.165) is 12.0 Å². The molecule has 0 unspecified atom stereocenters. The summed E-state index contributed by atoms with van der Waals surface area (Å²) in [6, 6.07) is 1.98. The van der Waals surface area contributed by atoms with Crippen molar-refractivity contribution in [2.75, 3.05) is 0 Å². The molecule has 0 fully saturated rings. The zero-order chi connectivity index (χ0) is 11.6. The molecule has 0 aliphatic carbocycles. The largest absolute Gasteiger partial charge is 0.453 e. The average molecular weight is 243 g/mol. The number of aryl methyl sites for hydroxylation is 1. The van der Waals surface area contributed by atoms with Crippen molar-refractivity contribution in [1.82, 2.24) is 0 Å². The first kappa shape index (κ1) is 13.6. The molecule has 0 aliphatic heterocycles. The van der Waals surface area contributed by atoms with Crippen LogP contribution in [-0.4, -0.2) is 0 Å². The molecule has 0 amide bonds. The van der Waals surface area contributed by atoms with E-state index in [4.69, 9.17) is 16.0 Å². The third-order valence-electron chi connectivity index (χ3n) is 2.99. The van der Waals surface area contributed by atoms with Gasteiger partial charge in [0.1, 0.15) is 0 Å². The first-order chi connectivity index (χ1) is 7.84. The molecule has 1 aromatic heterocycles. The first-order valence-corrected chi connectivity index (χ1v) is 6.94. The number of halogens is 1. The molecule has 0 saturated carbocycles. The summed E-state index contributed by atoms with van der Waals surface area (Å²) in [6.45, 7) is 2.26. The molecule has 1 rings (SSSR count). The van der Waals surface area contributed by atoms with E-state index in [-0.39, 0.29) is 0 Å². The van der Waals surface area contributed by atoms with Crippen LogP contribution in [0.25, 0.3) is 0 Å². The average Bonchev–Trinajstić information content (AvgIpc) is 2.68. The second kappa shape index (κ2) is 8.69. The molecule has 2 heteroatoms. The Morgan fingerprint density at radius 1 is 1.00 bits per heavy atom. The van der Waals surface area contributed by atoms with E-state index in [2.05, 4.69) is 6.92 Å². The first-order valence-electron chi connectivity index (χ1n) is 6.56. The molecule has 1 nitrogen and oxygen atoms in total. The lowest BCUT2D eigenvalue weighted by Crippen LogP contribution is -1.85. The fourth-order valence-corrected chi connectivity index (χ4v) is 2.16. The molecule has 0 radical (unpaired) electrons. The van der Waals surface area contributed by atoms with E-state index in [0.29, 0.717) is 5.22 Å². The van der Waals surface area contributed by atoms with Crippen LogP contribution in [0.2, 0.25) is 5.22 Å². The topological polar surface area (TPSA) is 13.1 Å². The lowest BCUT2D eigenvalue weighted by Gasteiger charge is -2.01. The molecule has 1 aromatic rings. The molecule has 92 valence electrons. The molecule has 0 bridgehead atoms. The van der Waals surface area contributed by atoms with Gasteiger partial charge in [0.05, 0.1) is 6.26 Å². The molecular weight excluding hydrogens is 220 g/mol. The highest BCUT2D eigenvalue weighted by molar-refractivity contribution is 6.29. The van der Waals surface area contributed by atoms with Crippen LogP contribution in [0.4, 0.5) is 0 Å². The summed E-state index contributed by atoms with van der Waals surface area (Å²) in [5, 5.41) is 0.572. The highest BCUT2D eigenvalue weighted by Gasteiger charge is 2.02. The zero-order valence-electron chi connectivity index (χ0n) is 10.3. The maximum Gasteiger partial charge on any atom is 0.196 e. The second-order valence-corrected chi connectivity index (χ2v) is 4.79. The zero-order valence-corrected chi connectivity index (χ0v) is 11.1. The Labute approximate surface area is 104 Å². The van der Waals surface area contributed by atoms with Crippen molar-refractivity contribution in [1.29, 1.82) is 0 Å². The van der Waals surface area contributed by atoms with Gasteiger partial charge in [-0.2, -0.15) is 0 Å². The van der Waals surface area contributed by atoms with Crippen molar-refractivity contribution in [3.63, 3.8) is 0 Å². The standard InChI is InChI=1S/C14H23ClO/c1-2-3-4-5-6-7-8-9-10-13-11-12-16-14(13)15/h11-12H,2-10H2,1H3. The van der Waals surface area contributed by atoms with E-state index in [1.807, 2.05) is 6.07 Å². The summed E-state index contributed by atoms with van der Waals surface area (Å²) < 4.78 is 5.05. The van der Waals surface area contributed by atoms with Crippen LogP contribution in [0.5, 0.6) is 0 Å². The van der Waals surface area contributed by atoms with Gasteiger partial charge in [0, 0.05) is 5.56 Å². The van der Waals surface area contributed by atoms with Gasteiger partial charge < -0.3 is 4.42 Å². The predicted molar refractivity (Wildman–Crippen MR) is 70.0 cm³/mol. The Morgan fingerprint density at radius 3 is 2.19 bits per heavy atom. The summed E-state index contributed by atoms with van der Waals surface area (Å²) in [7, 11) is 0. The Balaban J connectivity index is 1.91. The summed E-state index contributed by atoms with van der Waals surface area (Å²) in [5.74, 6) is 0. The minimum atomic E-state index is 0.572. The van der Waals surface area contributed by atoms with Crippen molar-refractivity contribution in [2.24, 2.45) is 0 Å². The molecule has 0 saturated heterocycles. The molecule has 0 spiro atoms. The van der Waals surface area contributed by atoms with Crippen LogP contribution < -0.4 is 0 Å². The van der Waals surface area contributed by atoms with E-state index < -0.39 is 0 Å². The van der Waals surface area contributed by atoms with Crippen molar-refractivity contribution >= 4 is 11.6 Å². The smallest absolute Gasteiger partial charge is 0.196 e. The van der Waals surface area contributed by atoms with Crippen LogP contribution >= 0.6 is 11.6 Å². The Kier molecular flexibility index (Phi) is 7.41. The van der Waals surface area contributed by atoms with Crippen LogP contribution in [0.1, 0.15) is 63.9 Å². The monoisotopic (exact) mass is 242 g/mol. The van der Waals surface area contributed by atoms with Crippen molar-refractivity contribution < 1.29 is 4.42 Å². The molecule has 0 aliphatic rings. The maximum absolute atomic E-state index is 5.87. The molecule has 0 atom stereocenters. The van der Waals surface area contributed by atoms with Crippen molar-refractivity contribution in [3.8, 4) is 0 Å². The van der Waals surface area contributed by atoms with Crippen LogP contribution in [0.15, 0.2) is 16.7 Å². The van der Waals surface area contributed by atoms with Gasteiger partial charge in [0.15, 0.2) is 5.22 Å². The number of rotatable bonds is 9. The highest BCUT2D eigenvalue weighted by Crippen LogP contribution is 2.19. The Bertz CT molecular complexity index is 267. The number of furan rings is 1. The summed E-state index contributed by atoms with van der Waals surface area (Å²) in [4.78, 5) is 0. The van der Waals surface area contributed by atoms with E-state index in [9.17, 15) is 0 Å². The summed E-state index contributed by atoms with van der Waals surface area (Å²) in [6.07, 6.45) is 13.6. The van der Waals surface area contributed by atoms with Gasteiger partial charge in [0.25, 0.3) is 0 Å². The van der Waals surface area contributed by atoms with E-state index in [1.54, 1.807) is 6.26 Å². The number of unbranched alkanes of at least 4 members (excludes halogenated alkanes) is 7. The molecule has 0 N–H and O–H groups in total. The lowest BCUT2D eigenvalue weighted by molar-refractivity contribution is 0.559. The maximum atomic E-state index is 5.87. The fourth-order valence-electron chi connectivity index (χ4n) is 1.95. The van der Waals surface area contributed by atoms with Crippen LogP contribution in [0.3, 0.4) is 0 Å². The van der Waals surface area contributed by atoms with Gasteiger partial charge in [-0.3, -0.25) is 0 Å². The molecular formula is C14H23ClO. The SMILES string of the molecule is CCCCCCCCCCc1ccoc1Cl. The lowest BCUT2D eigenvalue weighted by atomic mass is 10.1. The van der Waals surface area contributed by atoms with Crippen molar-refractivity contribution in [2.45, 2.75) is 64.7 Å². The van der Waals surface area contributed by atoms with Crippen LogP contribution in [-0.2, 0) is 6.42 Å². The summed E-state index contributed by atoms with van der Waals surface area (Å²) in [5.41, 5.74) is 1.16. The predicted octanol–water partition coefficient (Wildman–Crippen LogP) is 5.62. The van der Waals surface area contributed by atoms with Gasteiger partial charge in [-0.05, 0) is 30.5 Å². The van der Waals surface area contributed by atoms with Gasteiger partial charge in [0.2, 0.25) is 0 Å². The van der Waals surface area contributed by atoms with Gasteiger partial charge in [-0.25, -0.2) is 0 Å². The third-order valence-corrected chi connectivity index (χ3v) is 3.32. The Hall–Kier alpha value is -0.430.